The fourth-order valence-electron chi connectivity index (χ4n) is 3.18. The number of guanidine groups is 1. The van der Waals surface area contributed by atoms with E-state index in [1.54, 1.807) is 0 Å². The van der Waals surface area contributed by atoms with Crippen LogP contribution in [0, 0.1) is 0 Å². The van der Waals surface area contributed by atoms with Gasteiger partial charge in [-0.05, 0) is 51.2 Å². The van der Waals surface area contributed by atoms with E-state index in [0.717, 1.165) is 43.2 Å². The van der Waals surface area contributed by atoms with Crippen LogP contribution in [-0.2, 0) is 4.74 Å². The monoisotopic (exact) mass is 496 g/mol. The molecule has 1 aliphatic heterocycles. The van der Waals surface area contributed by atoms with Gasteiger partial charge in [-0.1, -0.05) is 24.3 Å². The van der Waals surface area contributed by atoms with Crippen molar-refractivity contribution >= 4 is 35.6 Å². The number of hydrogen-bond acceptors (Lipinski definition) is 4. The molecule has 3 rings (SSSR count). The zero-order valence-electron chi connectivity index (χ0n) is 16.4. The van der Waals surface area contributed by atoms with Gasteiger partial charge in [-0.15, -0.1) is 24.0 Å². The Hall–Kier alpha value is -1.84. The van der Waals surface area contributed by atoms with Gasteiger partial charge in [-0.25, -0.2) is 0 Å². The van der Waals surface area contributed by atoms with Gasteiger partial charge in [0.15, 0.2) is 5.96 Å². The average molecular weight is 496 g/mol. The summed E-state index contributed by atoms with van der Waals surface area (Å²) in [4.78, 5) is 6.83. The number of para-hydroxylation sites is 1. The van der Waals surface area contributed by atoms with Crippen molar-refractivity contribution < 1.29 is 9.47 Å². The van der Waals surface area contributed by atoms with E-state index >= 15 is 0 Å². The lowest BCUT2D eigenvalue weighted by Crippen LogP contribution is -2.51. The number of hydrogen-bond donors (Lipinski definition) is 2. The number of nitrogens with zero attached hydrogens (tertiary/aromatic N) is 2. The first-order valence-corrected chi connectivity index (χ1v) is 9.22. The number of benzene rings is 2. The minimum atomic E-state index is 0. The smallest absolute Gasteiger partial charge is 0.193 e. The number of rotatable bonds is 6. The predicted octanol–water partition coefficient (Wildman–Crippen LogP) is 3.93. The third-order valence-electron chi connectivity index (χ3n) is 5.00. The molecule has 3 N–H and O–H groups in total. The molecule has 0 amide bonds. The summed E-state index contributed by atoms with van der Waals surface area (Å²) in [6.45, 7) is 2.17. The van der Waals surface area contributed by atoms with E-state index in [4.69, 9.17) is 15.2 Å². The Morgan fingerprint density at radius 3 is 2.46 bits per heavy atom. The largest absolute Gasteiger partial charge is 0.457 e. The van der Waals surface area contributed by atoms with Crippen LogP contribution in [0.4, 0.5) is 5.69 Å². The van der Waals surface area contributed by atoms with Crippen molar-refractivity contribution in [2.75, 3.05) is 39.2 Å². The van der Waals surface area contributed by atoms with Gasteiger partial charge in [0.05, 0.1) is 6.54 Å². The topological polar surface area (TPSA) is 72.1 Å². The highest BCUT2D eigenvalue weighted by Crippen LogP contribution is 2.27. The summed E-state index contributed by atoms with van der Waals surface area (Å²) < 4.78 is 11.4. The fourth-order valence-corrected chi connectivity index (χ4v) is 3.18. The molecule has 6 nitrogen and oxygen atoms in total. The molecule has 0 saturated carbocycles. The first-order valence-electron chi connectivity index (χ1n) is 9.22. The predicted molar refractivity (Wildman–Crippen MR) is 125 cm³/mol. The lowest BCUT2D eigenvalue weighted by molar-refractivity contribution is -0.00249. The minimum Gasteiger partial charge on any atom is -0.457 e. The molecule has 2 aromatic carbocycles. The maximum atomic E-state index is 6.13. The van der Waals surface area contributed by atoms with Gasteiger partial charge in [0, 0.05) is 30.5 Å². The Balaban J connectivity index is 0.00000280. The summed E-state index contributed by atoms with van der Waals surface area (Å²) in [6.07, 6.45) is 1.91. The van der Waals surface area contributed by atoms with Crippen molar-refractivity contribution in [1.29, 1.82) is 0 Å². The van der Waals surface area contributed by atoms with Crippen molar-refractivity contribution in [3.8, 4) is 11.5 Å². The molecule has 0 unspecified atom stereocenters. The van der Waals surface area contributed by atoms with Gasteiger partial charge in [0.1, 0.15) is 11.5 Å². The minimum absolute atomic E-state index is 0. The summed E-state index contributed by atoms with van der Waals surface area (Å²) in [5.74, 6) is 1.94. The van der Waals surface area contributed by atoms with E-state index in [1.165, 1.54) is 0 Å². The molecule has 1 fully saturated rings. The van der Waals surface area contributed by atoms with Crippen LogP contribution < -0.4 is 15.8 Å². The highest BCUT2D eigenvalue weighted by atomic mass is 127. The summed E-state index contributed by atoms with van der Waals surface area (Å²) in [6, 6.07) is 17.4. The number of nitrogens with two attached hydrogens (primary N) is 1. The van der Waals surface area contributed by atoms with Crippen LogP contribution in [0.15, 0.2) is 59.6 Å². The molecular formula is C21H29IN4O2. The molecule has 1 aliphatic rings. The molecule has 0 bridgehead atoms. The maximum absolute atomic E-state index is 6.13. The Labute approximate surface area is 184 Å². The molecule has 0 spiro atoms. The Bertz CT molecular complexity index is 762. The fraction of sp³-hybridized carbons (Fsp3) is 0.381. The molecule has 28 heavy (non-hydrogen) atoms. The second-order valence-electron chi connectivity index (χ2n) is 7.00. The first-order chi connectivity index (χ1) is 13.1. The first kappa shape index (κ1) is 22.4. The second kappa shape index (κ2) is 10.6. The summed E-state index contributed by atoms with van der Waals surface area (Å²) in [7, 11) is 4.18. The lowest BCUT2D eigenvalue weighted by atomic mass is 9.89. The van der Waals surface area contributed by atoms with Crippen molar-refractivity contribution in [3.63, 3.8) is 0 Å². The van der Waals surface area contributed by atoms with E-state index in [-0.39, 0.29) is 29.5 Å². The van der Waals surface area contributed by atoms with Crippen molar-refractivity contribution in [3.05, 3.63) is 54.6 Å². The van der Waals surface area contributed by atoms with Crippen molar-refractivity contribution in [2.24, 2.45) is 10.7 Å². The highest BCUT2D eigenvalue weighted by molar-refractivity contribution is 14.0. The Morgan fingerprint density at radius 1 is 1.11 bits per heavy atom. The number of nitrogens with one attached hydrogen (secondary N) is 1. The highest BCUT2D eigenvalue weighted by Gasteiger charge is 2.34. The second-order valence-corrected chi connectivity index (χ2v) is 7.00. The van der Waals surface area contributed by atoms with Crippen molar-refractivity contribution in [1.82, 2.24) is 4.90 Å². The summed E-state index contributed by atoms with van der Waals surface area (Å²) in [5.41, 5.74) is 6.98. The van der Waals surface area contributed by atoms with Gasteiger partial charge in [0.25, 0.3) is 0 Å². The molecule has 7 heteroatoms. The molecule has 152 valence electrons. The lowest BCUT2D eigenvalue weighted by Gasteiger charge is -2.41. The van der Waals surface area contributed by atoms with E-state index in [1.807, 2.05) is 54.6 Å². The summed E-state index contributed by atoms with van der Waals surface area (Å²) in [5, 5.41) is 3.16. The van der Waals surface area contributed by atoms with Crippen LogP contribution in [0.2, 0.25) is 0 Å². The van der Waals surface area contributed by atoms with Crippen LogP contribution in [0.3, 0.4) is 0 Å². The summed E-state index contributed by atoms with van der Waals surface area (Å²) >= 11 is 0. The SMILES string of the molecule is CN(C)C1(CN=C(N)Nc2cccc(Oc3ccccc3)c2)CCOCC1.I. The Morgan fingerprint density at radius 2 is 1.79 bits per heavy atom. The zero-order valence-corrected chi connectivity index (χ0v) is 18.8. The number of anilines is 1. The van der Waals surface area contributed by atoms with Crippen LogP contribution >= 0.6 is 24.0 Å². The molecule has 0 aromatic heterocycles. The van der Waals surface area contributed by atoms with E-state index in [9.17, 15) is 0 Å². The van der Waals surface area contributed by atoms with Crippen molar-refractivity contribution in [2.45, 2.75) is 18.4 Å². The number of halogens is 1. The number of aliphatic imine (C=N–C) groups is 1. The van der Waals surface area contributed by atoms with Crippen LogP contribution in [0.1, 0.15) is 12.8 Å². The number of likely N-dealkylation sites (N-methyl/N-ethyl adjacent to an activating group) is 1. The molecule has 2 aromatic rings. The van der Waals surface area contributed by atoms with Crippen LogP contribution in [-0.4, -0.2) is 50.3 Å². The van der Waals surface area contributed by atoms with Gasteiger partial charge in [-0.2, -0.15) is 0 Å². The van der Waals surface area contributed by atoms with E-state index < -0.39 is 0 Å². The van der Waals surface area contributed by atoms with Crippen LogP contribution in [0.25, 0.3) is 0 Å². The third kappa shape index (κ3) is 6.08. The van der Waals surface area contributed by atoms with Gasteiger partial charge >= 0.3 is 0 Å². The molecule has 1 saturated heterocycles. The normalized spacial score (nSPS) is 16.3. The van der Waals surface area contributed by atoms with Gasteiger partial charge < -0.3 is 25.4 Å². The Kier molecular flexibility index (Phi) is 8.53. The molecule has 1 heterocycles. The van der Waals surface area contributed by atoms with E-state index in [2.05, 4.69) is 29.3 Å². The van der Waals surface area contributed by atoms with Crippen LogP contribution in [0.5, 0.6) is 11.5 Å². The molecule has 0 aliphatic carbocycles. The third-order valence-corrected chi connectivity index (χ3v) is 5.00. The molecule has 0 atom stereocenters. The number of ether oxygens (including phenoxy) is 2. The van der Waals surface area contributed by atoms with Gasteiger partial charge in [0.2, 0.25) is 0 Å². The maximum Gasteiger partial charge on any atom is 0.193 e. The standard InChI is InChI=1S/C21H28N4O2.HI/c1-25(2)21(11-13-26-14-12-21)16-23-20(22)24-17-7-6-10-19(15-17)27-18-8-4-3-5-9-18;/h3-10,15H,11-14,16H2,1-2H3,(H3,22,23,24);1H. The van der Waals surface area contributed by atoms with E-state index in [0.29, 0.717) is 12.5 Å². The van der Waals surface area contributed by atoms with Gasteiger partial charge in [-0.3, -0.25) is 4.99 Å². The quantitative estimate of drug-likeness (QED) is 0.360. The molecular weight excluding hydrogens is 467 g/mol. The zero-order chi connectivity index (χ0) is 19.1. The average Bonchev–Trinajstić information content (AvgIpc) is 2.68. The molecule has 0 radical (unpaired) electrons.